The highest BCUT2D eigenvalue weighted by atomic mass is 16.6. The maximum atomic E-state index is 10.9. The molecule has 0 aliphatic carbocycles. The molecule has 1 heterocycles. The van der Waals surface area contributed by atoms with Crippen LogP contribution in [0.3, 0.4) is 0 Å². The lowest BCUT2D eigenvalue weighted by atomic mass is 10.1. The summed E-state index contributed by atoms with van der Waals surface area (Å²) in [6.45, 7) is 4.94. The van der Waals surface area contributed by atoms with Crippen LogP contribution in [0.5, 0.6) is 0 Å². The van der Waals surface area contributed by atoms with Crippen LogP contribution in [0.4, 0.5) is 5.69 Å². The summed E-state index contributed by atoms with van der Waals surface area (Å²) < 4.78 is 5.44. The van der Waals surface area contributed by atoms with E-state index in [1.54, 1.807) is 19.1 Å². The van der Waals surface area contributed by atoms with Gasteiger partial charge in [-0.3, -0.25) is 10.1 Å². The Hall–Kier alpha value is -2.28. The molecule has 1 aromatic heterocycles. The molecule has 1 aromatic carbocycles. The molecule has 0 saturated heterocycles. The summed E-state index contributed by atoms with van der Waals surface area (Å²) in [5.41, 5.74) is 1.19. The van der Waals surface area contributed by atoms with Crippen LogP contribution in [0.15, 0.2) is 22.6 Å². The van der Waals surface area contributed by atoms with Gasteiger partial charge in [-0.15, -0.1) is 10.2 Å². The van der Waals surface area contributed by atoms with Crippen molar-refractivity contribution in [1.82, 2.24) is 15.5 Å². The molecule has 0 atom stereocenters. The first kappa shape index (κ1) is 13.2. The van der Waals surface area contributed by atoms with Gasteiger partial charge in [0, 0.05) is 17.2 Å². The summed E-state index contributed by atoms with van der Waals surface area (Å²) >= 11 is 0. The van der Waals surface area contributed by atoms with Gasteiger partial charge in [-0.1, -0.05) is 13.0 Å². The highest BCUT2D eigenvalue weighted by Crippen LogP contribution is 2.25. The number of hydrogen-bond donors (Lipinski definition) is 1. The predicted molar refractivity (Wildman–Crippen MR) is 68.5 cm³/mol. The van der Waals surface area contributed by atoms with Crippen LogP contribution in [-0.4, -0.2) is 21.7 Å². The van der Waals surface area contributed by atoms with E-state index < -0.39 is 4.92 Å². The van der Waals surface area contributed by atoms with E-state index in [4.69, 9.17) is 4.42 Å². The second-order valence-corrected chi connectivity index (χ2v) is 4.04. The van der Waals surface area contributed by atoms with E-state index in [0.717, 1.165) is 6.54 Å². The van der Waals surface area contributed by atoms with Gasteiger partial charge in [0.25, 0.3) is 5.69 Å². The highest BCUT2D eigenvalue weighted by Gasteiger charge is 2.15. The number of nitro benzene ring substituents is 1. The lowest BCUT2D eigenvalue weighted by molar-refractivity contribution is -0.385. The molecule has 0 aliphatic rings. The molecule has 1 N–H and O–H groups in total. The van der Waals surface area contributed by atoms with Gasteiger partial charge in [0.15, 0.2) is 0 Å². The molecule has 0 spiro atoms. The van der Waals surface area contributed by atoms with Crippen molar-refractivity contribution in [3.05, 3.63) is 39.8 Å². The molecule has 0 amide bonds. The molecule has 7 heteroatoms. The number of nitrogens with zero attached hydrogens (tertiary/aromatic N) is 3. The van der Waals surface area contributed by atoms with Crippen LogP contribution < -0.4 is 5.32 Å². The summed E-state index contributed by atoms with van der Waals surface area (Å²) in [5.74, 6) is 0.746. The summed E-state index contributed by atoms with van der Waals surface area (Å²) in [7, 11) is 0. The van der Waals surface area contributed by atoms with Gasteiger partial charge in [-0.2, -0.15) is 0 Å². The lowest BCUT2D eigenvalue weighted by Gasteiger charge is -1.99. The lowest BCUT2D eigenvalue weighted by Crippen LogP contribution is -2.11. The van der Waals surface area contributed by atoms with E-state index in [-0.39, 0.29) is 11.6 Å². The summed E-state index contributed by atoms with van der Waals surface area (Å²) in [4.78, 5) is 10.5. The Morgan fingerprint density at radius 3 is 2.89 bits per heavy atom. The quantitative estimate of drug-likeness (QED) is 0.654. The Bertz CT molecular complexity index is 594. The van der Waals surface area contributed by atoms with Gasteiger partial charge in [0.05, 0.1) is 11.5 Å². The van der Waals surface area contributed by atoms with Crippen molar-refractivity contribution in [3.63, 3.8) is 0 Å². The molecule has 2 aromatic rings. The zero-order valence-electron chi connectivity index (χ0n) is 10.7. The maximum absolute atomic E-state index is 10.9. The van der Waals surface area contributed by atoms with Crippen molar-refractivity contribution >= 4 is 5.69 Å². The average Bonchev–Trinajstić information content (AvgIpc) is 2.85. The van der Waals surface area contributed by atoms with Gasteiger partial charge in [-0.05, 0) is 19.5 Å². The largest absolute Gasteiger partial charge is 0.419 e. The number of benzene rings is 1. The molecule has 2 rings (SSSR count). The van der Waals surface area contributed by atoms with E-state index >= 15 is 0 Å². The fourth-order valence-corrected chi connectivity index (χ4v) is 1.61. The first-order chi connectivity index (χ1) is 9.11. The number of hydrogen-bond acceptors (Lipinski definition) is 6. The Balaban J connectivity index is 2.29. The van der Waals surface area contributed by atoms with Crippen molar-refractivity contribution < 1.29 is 9.34 Å². The molecule has 0 bridgehead atoms. The molecule has 0 unspecified atom stereocenters. The van der Waals surface area contributed by atoms with Gasteiger partial charge in [-0.25, -0.2) is 0 Å². The Morgan fingerprint density at radius 2 is 2.21 bits per heavy atom. The van der Waals surface area contributed by atoms with E-state index in [9.17, 15) is 10.1 Å². The number of nitrogens with one attached hydrogen (secondary N) is 1. The summed E-state index contributed by atoms with van der Waals surface area (Å²) in [5, 5.41) is 21.7. The summed E-state index contributed by atoms with van der Waals surface area (Å²) in [6.07, 6.45) is 0. The van der Waals surface area contributed by atoms with Crippen molar-refractivity contribution in [2.45, 2.75) is 20.4 Å². The molecule has 0 fully saturated rings. The zero-order chi connectivity index (χ0) is 13.8. The van der Waals surface area contributed by atoms with Crippen LogP contribution in [0.25, 0.3) is 11.5 Å². The minimum Gasteiger partial charge on any atom is -0.419 e. The molecule has 100 valence electrons. The molecule has 0 radical (unpaired) electrons. The normalized spacial score (nSPS) is 10.6. The molecule has 7 nitrogen and oxygen atoms in total. The van der Waals surface area contributed by atoms with E-state index in [2.05, 4.69) is 15.5 Å². The van der Waals surface area contributed by atoms with Crippen LogP contribution in [0.1, 0.15) is 18.4 Å². The van der Waals surface area contributed by atoms with Crippen molar-refractivity contribution in [3.8, 4) is 11.5 Å². The third-order valence-electron chi connectivity index (χ3n) is 2.65. The monoisotopic (exact) mass is 262 g/mol. The molecular formula is C12H14N4O3. The fourth-order valence-electron chi connectivity index (χ4n) is 1.61. The van der Waals surface area contributed by atoms with Gasteiger partial charge in [0.1, 0.15) is 0 Å². The number of nitro groups is 1. The third-order valence-corrected chi connectivity index (χ3v) is 2.65. The van der Waals surface area contributed by atoms with Crippen molar-refractivity contribution in [1.29, 1.82) is 0 Å². The van der Waals surface area contributed by atoms with Crippen LogP contribution in [-0.2, 0) is 6.54 Å². The first-order valence-electron chi connectivity index (χ1n) is 5.90. The molecular weight excluding hydrogens is 248 g/mol. The highest BCUT2D eigenvalue weighted by molar-refractivity contribution is 5.59. The van der Waals surface area contributed by atoms with Crippen molar-refractivity contribution in [2.75, 3.05) is 6.54 Å². The van der Waals surface area contributed by atoms with Gasteiger partial charge < -0.3 is 9.73 Å². The van der Waals surface area contributed by atoms with Crippen LogP contribution in [0, 0.1) is 17.0 Å². The number of aromatic nitrogens is 2. The van der Waals surface area contributed by atoms with E-state index in [1.807, 2.05) is 6.92 Å². The van der Waals surface area contributed by atoms with E-state index in [1.165, 1.54) is 6.07 Å². The average molecular weight is 262 g/mol. The smallest absolute Gasteiger partial charge is 0.273 e. The number of aryl methyl sites for hydroxylation is 1. The molecule has 0 saturated carbocycles. The third kappa shape index (κ3) is 2.94. The first-order valence-corrected chi connectivity index (χ1v) is 5.90. The minimum absolute atomic E-state index is 0.0453. The summed E-state index contributed by atoms with van der Waals surface area (Å²) in [6, 6.07) is 4.84. The fraction of sp³-hybridized carbons (Fsp3) is 0.333. The second-order valence-electron chi connectivity index (χ2n) is 4.04. The number of rotatable bonds is 5. The van der Waals surface area contributed by atoms with Gasteiger partial charge in [0.2, 0.25) is 11.8 Å². The SMILES string of the molecule is CCNCc1nnc(-c2ccc(C)c([N+](=O)[O-])c2)o1. The predicted octanol–water partition coefficient (Wildman–Crippen LogP) is 2.06. The van der Waals surface area contributed by atoms with E-state index in [0.29, 0.717) is 23.6 Å². The Labute approximate surface area is 109 Å². The van der Waals surface area contributed by atoms with Crippen LogP contribution >= 0.6 is 0 Å². The molecule has 19 heavy (non-hydrogen) atoms. The minimum atomic E-state index is -0.422. The van der Waals surface area contributed by atoms with Gasteiger partial charge >= 0.3 is 0 Å². The topological polar surface area (TPSA) is 94.1 Å². The maximum Gasteiger partial charge on any atom is 0.273 e. The Morgan fingerprint density at radius 1 is 1.42 bits per heavy atom. The van der Waals surface area contributed by atoms with Crippen LogP contribution in [0.2, 0.25) is 0 Å². The Kier molecular flexibility index (Phi) is 3.86. The molecule has 0 aliphatic heterocycles. The zero-order valence-corrected chi connectivity index (χ0v) is 10.7. The standard InChI is InChI=1S/C12H14N4O3/c1-3-13-7-11-14-15-12(19-11)9-5-4-8(2)10(6-9)16(17)18/h4-6,13H,3,7H2,1-2H3. The van der Waals surface area contributed by atoms with Crippen molar-refractivity contribution in [2.24, 2.45) is 0 Å². The second kappa shape index (κ2) is 5.57.